The van der Waals surface area contributed by atoms with E-state index in [2.05, 4.69) is 0 Å². The van der Waals surface area contributed by atoms with E-state index in [1.54, 1.807) is 9.80 Å². The molecule has 4 aromatic carbocycles. The topological polar surface area (TPSA) is 233 Å². The standard InChI is InChI=1S/C52H64N4O14/c1-5-55(6-2)43(57)33-69-51-39-17-11-18-40(51)26-36-14-10-16-38(50(36)68-24-22-54(31-47(63)64)32-48(65)66)28-42-20-12-19-41(52(42)70-34-44(58)56(7-3)8-4)27-37-15-9-13-35(25-39)49(37)67-23-21-53(29-45(59)60)30-46(61)62/h9-20H,5-8,21-34H2,1-4H3,(H,59,60)(H,61,62)(H,63,64)(H,65,66). The van der Waals surface area contributed by atoms with Crippen molar-refractivity contribution in [3.8, 4) is 23.0 Å². The molecule has 0 radical (unpaired) electrons. The molecule has 18 nitrogen and oxygen atoms in total. The lowest BCUT2D eigenvalue weighted by atomic mass is 9.91. The first-order valence-electron chi connectivity index (χ1n) is 23.5. The van der Waals surface area contributed by atoms with Gasteiger partial charge in [-0.3, -0.25) is 38.6 Å². The summed E-state index contributed by atoms with van der Waals surface area (Å²) in [6, 6.07) is 22.8. The Balaban J connectivity index is 1.71. The Morgan fingerprint density at radius 1 is 0.400 bits per heavy atom. The zero-order valence-corrected chi connectivity index (χ0v) is 40.3. The van der Waals surface area contributed by atoms with Crippen molar-refractivity contribution >= 4 is 35.7 Å². The average Bonchev–Trinajstić information content (AvgIpc) is 3.29. The van der Waals surface area contributed by atoms with Gasteiger partial charge >= 0.3 is 23.9 Å². The van der Waals surface area contributed by atoms with Crippen LogP contribution in [0.4, 0.5) is 0 Å². The molecular weight excluding hydrogens is 905 g/mol. The van der Waals surface area contributed by atoms with Gasteiger partial charge in [-0.15, -0.1) is 0 Å². The number of rotatable bonds is 26. The monoisotopic (exact) mass is 968 g/mol. The lowest BCUT2D eigenvalue weighted by Crippen LogP contribution is -2.37. The van der Waals surface area contributed by atoms with Gasteiger partial charge in [-0.2, -0.15) is 0 Å². The lowest BCUT2D eigenvalue weighted by molar-refractivity contribution is -0.143. The Kier molecular flexibility index (Phi) is 20.4. The smallest absolute Gasteiger partial charge is 0.317 e. The molecule has 2 amide bonds. The Morgan fingerprint density at radius 3 is 0.843 bits per heavy atom. The third kappa shape index (κ3) is 15.4. The van der Waals surface area contributed by atoms with Crippen molar-refractivity contribution in [1.29, 1.82) is 0 Å². The van der Waals surface area contributed by atoms with Gasteiger partial charge in [0.1, 0.15) is 36.2 Å². The van der Waals surface area contributed by atoms with Gasteiger partial charge in [0.2, 0.25) is 0 Å². The second kappa shape index (κ2) is 26.5. The van der Waals surface area contributed by atoms with Crippen molar-refractivity contribution in [3.63, 3.8) is 0 Å². The molecule has 0 heterocycles. The summed E-state index contributed by atoms with van der Waals surface area (Å²) in [5.41, 5.74) is 5.75. The molecule has 1 aliphatic carbocycles. The predicted molar refractivity (Wildman–Crippen MR) is 258 cm³/mol. The normalized spacial score (nSPS) is 12.0. The summed E-state index contributed by atoms with van der Waals surface area (Å²) in [4.78, 5) is 79.6. The number of hydrogen-bond donors (Lipinski definition) is 4. The quantitative estimate of drug-likeness (QED) is 0.0595. The third-order valence-electron chi connectivity index (χ3n) is 11.9. The zero-order valence-electron chi connectivity index (χ0n) is 40.3. The molecule has 0 unspecified atom stereocenters. The van der Waals surface area contributed by atoms with Crippen molar-refractivity contribution in [3.05, 3.63) is 117 Å². The summed E-state index contributed by atoms with van der Waals surface area (Å²) in [6.07, 6.45) is 0.976. The number of para-hydroxylation sites is 4. The Morgan fingerprint density at radius 2 is 0.629 bits per heavy atom. The summed E-state index contributed by atoms with van der Waals surface area (Å²) in [5, 5.41) is 38.2. The van der Waals surface area contributed by atoms with Crippen molar-refractivity contribution < 1.29 is 68.1 Å². The molecule has 0 aliphatic heterocycles. The van der Waals surface area contributed by atoms with Crippen LogP contribution in [0, 0.1) is 0 Å². The molecule has 0 atom stereocenters. The maximum absolute atomic E-state index is 13.5. The second-order valence-electron chi connectivity index (χ2n) is 16.7. The third-order valence-corrected chi connectivity index (χ3v) is 11.9. The Labute approximate surface area is 407 Å². The van der Waals surface area contributed by atoms with E-state index in [0.29, 0.717) is 49.2 Å². The minimum absolute atomic E-state index is 0.0136. The molecule has 70 heavy (non-hydrogen) atoms. The molecule has 0 saturated carbocycles. The largest absolute Gasteiger partial charge is 0.492 e. The molecule has 0 spiro atoms. The highest BCUT2D eigenvalue weighted by Crippen LogP contribution is 2.39. The summed E-state index contributed by atoms with van der Waals surface area (Å²) in [6.45, 7) is 6.83. The van der Waals surface area contributed by atoms with Crippen LogP contribution >= 0.6 is 0 Å². The van der Waals surface area contributed by atoms with Crippen molar-refractivity contribution in [2.24, 2.45) is 0 Å². The Hall–Kier alpha value is -7.18. The van der Waals surface area contributed by atoms with Crippen molar-refractivity contribution in [2.45, 2.75) is 53.4 Å². The number of hydrogen-bond acceptors (Lipinski definition) is 12. The molecular formula is C52H64N4O14. The molecule has 0 saturated heterocycles. The van der Waals surface area contributed by atoms with Crippen LogP contribution in [-0.4, -0.2) is 168 Å². The number of benzene rings is 4. The zero-order chi connectivity index (χ0) is 50.7. The number of nitrogens with zero attached hydrogens (tertiary/aromatic N) is 4. The highest BCUT2D eigenvalue weighted by Gasteiger charge is 2.25. The minimum Gasteiger partial charge on any atom is -0.492 e. The molecule has 1 aliphatic rings. The number of fused-ring (bicyclic) bond motifs is 8. The molecule has 4 N–H and O–H groups in total. The van der Waals surface area contributed by atoms with Crippen LogP contribution in [0.15, 0.2) is 72.8 Å². The number of likely N-dealkylation sites (N-methyl/N-ethyl adjacent to an activating group) is 2. The fraction of sp³-hybridized carbons (Fsp3) is 0.423. The first-order valence-corrected chi connectivity index (χ1v) is 23.5. The van der Waals surface area contributed by atoms with Crippen LogP contribution in [0.25, 0.3) is 0 Å². The van der Waals surface area contributed by atoms with Crippen molar-refractivity contribution in [2.75, 3.05) is 91.9 Å². The number of amides is 2. The SMILES string of the molecule is CCN(CC)C(=O)COc1c2cccc1Cc1cccc(c1OCCN(CC(=O)O)CC(=O)O)Cc1cccc(c1OCC(=O)N(CC)CC)Cc1cccc(c1OCCN(CC(=O)O)CC(=O)O)C2. The average molecular weight is 969 g/mol. The van der Waals surface area contributed by atoms with Gasteiger partial charge in [0, 0.05) is 65.0 Å². The minimum atomic E-state index is -1.18. The van der Waals surface area contributed by atoms with Crippen LogP contribution in [-0.2, 0) is 54.5 Å². The fourth-order valence-electron chi connectivity index (χ4n) is 8.58. The molecule has 5 rings (SSSR count). The number of carboxylic acids is 4. The van der Waals surface area contributed by atoms with E-state index < -0.39 is 50.1 Å². The number of carbonyl (C=O) groups excluding carboxylic acids is 2. The van der Waals surface area contributed by atoms with Gasteiger partial charge in [-0.05, 0) is 72.2 Å². The van der Waals surface area contributed by atoms with Gasteiger partial charge in [0.25, 0.3) is 11.8 Å². The first-order chi connectivity index (χ1) is 33.6. The highest BCUT2D eigenvalue weighted by molar-refractivity contribution is 5.78. The van der Waals surface area contributed by atoms with Gasteiger partial charge in [0.15, 0.2) is 13.2 Å². The maximum Gasteiger partial charge on any atom is 0.317 e. The van der Waals surface area contributed by atoms with Crippen LogP contribution in [0.5, 0.6) is 23.0 Å². The molecule has 18 heteroatoms. The van der Waals surface area contributed by atoms with Crippen LogP contribution in [0.1, 0.15) is 72.2 Å². The van der Waals surface area contributed by atoms with Crippen LogP contribution in [0.2, 0.25) is 0 Å². The first kappa shape index (κ1) is 53.8. The van der Waals surface area contributed by atoms with Gasteiger partial charge in [-0.25, -0.2) is 0 Å². The Bertz CT molecular complexity index is 2180. The van der Waals surface area contributed by atoms with E-state index in [0.717, 1.165) is 44.5 Å². The summed E-state index contributed by atoms with van der Waals surface area (Å²) in [5.74, 6) is -3.26. The van der Waals surface area contributed by atoms with Crippen LogP contribution in [0.3, 0.4) is 0 Å². The molecule has 4 aromatic rings. The lowest BCUT2D eigenvalue weighted by Gasteiger charge is -2.25. The maximum atomic E-state index is 13.5. The summed E-state index contributed by atoms with van der Waals surface area (Å²) in [7, 11) is 0. The number of ether oxygens (including phenoxy) is 4. The molecule has 0 aromatic heterocycles. The van der Waals surface area contributed by atoms with E-state index in [1.807, 2.05) is 100 Å². The summed E-state index contributed by atoms with van der Waals surface area (Å²) < 4.78 is 26.2. The number of carboxylic acid groups (broad SMARTS) is 4. The number of aliphatic carboxylic acids is 4. The van der Waals surface area contributed by atoms with E-state index in [4.69, 9.17) is 18.9 Å². The number of carbonyl (C=O) groups is 6. The van der Waals surface area contributed by atoms with E-state index in [9.17, 15) is 49.2 Å². The van der Waals surface area contributed by atoms with Gasteiger partial charge in [0.05, 0.1) is 26.2 Å². The molecule has 376 valence electrons. The molecule has 8 bridgehead atoms. The second-order valence-corrected chi connectivity index (χ2v) is 16.7. The van der Waals surface area contributed by atoms with E-state index in [1.165, 1.54) is 9.80 Å². The fourth-order valence-corrected chi connectivity index (χ4v) is 8.58. The predicted octanol–water partition coefficient (Wildman–Crippen LogP) is 4.56. The van der Waals surface area contributed by atoms with Crippen LogP contribution < -0.4 is 18.9 Å². The van der Waals surface area contributed by atoms with Gasteiger partial charge < -0.3 is 49.2 Å². The van der Waals surface area contributed by atoms with E-state index >= 15 is 0 Å². The van der Waals surface area contributed by atoms with Crippen molar-refractivity contribution in [1.82, 2.24) is 19.6 Å². The molecule has 0 fully saturated rings. The highest BCUT2D eigenvalue weighted by atomic mass is 16.5. The summed E-state index contributed by atoms with van der Waals surface area (Å²) >= 11 is 0. The van der Waals surface area contributed by atoms with E-state index in [-0.39, 0.29) is 77.0 Å². The van der Waals surface area contributed by atoms with Gasteiger partial charge in [-0.1, -0.05) is 72.8 Å².